The highest BCUT2D eigenvalue weighted by atomic mass is 32.2. The molecular formula is C23H31N3O4S. The molecule has 2 N–H and O–H groups in total. The summed E-state index contributed by atoms with van der Waals surface area (Å²) < 4.78 is 33.0. The third kappa shape index (κ3) is 6.53. The molecule has 2 amide bonds. The quantitative estimate of drug-likeness (QED) is 0.640. The molecule has 31 heavy (non-hydrogen) atoms. The molecule has 0 unspecified atom stereocenters. The van der Waals surface area contributed by atoms with Crippen LogP contribution in [0.15, 0.2) is 53.4 Å². The summed E-state index contributed by atoms with van der Waals surface area (Å²) in [6.07, 6.45) is 3.87. The molecule has 7 nitrogen and oxygen atoms in total. The lowest BCUT2D eigenvalue weighted by atomic mass is 10.1. The van der Waals surface area contributed by atoms with Crippen molar-refractivity contribution in [2.24, 2.45) is 0 Å². The average Bonchev–Trinajstić information content (AvgIpc) is 3.07. The first-order valence-corrected chi connectivity index (χ1v) is 12.2. The Morgan fingerprint density at radius 1 is 1.00 bits per heavy atom. The number of rotatable bonds is 8. The van der Waals surface area contributed by atoms with Crippen molar-refractivity contribution in [3.8, 4) is 0 Å². The van der Waals surface area contributed by atoms with Crippen molar-refractivity contribution in [2.75, 3.05) is 25.0 Å². The highest BCUT2D eigenvalue weighted by Gasteiger charge is 2.25. The summed E-state index contributed by atoms with van der Waals surface area (Å²) in [6, 6.07) is 13.8. The molecule has 1 aliphatic heterocycles. The van der Waals surface area contributed by atoms with Gasteiger partial charge in [-0.3, -0.25) is 0 Å². The number of hydrogen-bond donors (Lipinski definition) is 2. The smallest absolute Gasteiger partial charge is 0.319 e. The molecule has 0 radical (unpaired) electrons. The van der Waals surface area contributed by atoms with Gasteiger partial charge in [0.15, 0.2) is 0 Å². The van der Waals surface area contributed by atoms with Gasteiger partial charge in [0.05, 0.1) is 11.5 Å². The van der Waals surface area contributed by atoms with Gasteiger partial charge in [-0.05, 0) is 49.1 Å². The van der Waals surface area contributed by atoms with Gasteiger partial charge in [0.1, 0.15) is 0 Å². The van der Waals surface area contributed by atoms with E-state index in [1.807, 2.05) is 31.2 Å². The van der Waals surface area contributed by atoms with Crippen LogP contribution in [0.25, 0.3) is 0 Å². The fourth-order valence-electron chi connectivity index (χ4n) is 3.60. The third-order valence-corrected chi connectivity index (χ3v) is 7.21. The van der Waals surface area contributed by atoms with E-state index in [4.69, 9.17) is 4.74 Å². The Morgan fingerprint density at radius 3 is 2.42 bits per heavy atom. The molecule has 1 heterocycles. The first-order valence-electron chi connectivity index (χ1n) is 10.8. The fourth-order valence-corrected chi connectivity index (χ4v) is 5.16. The predicted octanol–water partition coefficient (Wildman–Crippen LogP) is 4.11. The van der Waals surface area contributed by atoms with Crippen molar-refractivity contribution in [2.45, 2.75) is 50.7 Å². The van der Waals surface area contributed by atoms with Crippen LogP contribution in [0.4, 0.5) is 10.5 Å². The Morgan fingerprint density at radius 2 is 1.71 bits per heavy atom. The Hall–Kier alpha value is -2.42. The normalized spacial score (nSPS) is 15.3. The SMILES string of the molecule is CCOCc1ccccc1CNC(=O)Nc1cccc(S(=O)(=O)N2CCCCCC2)c1. The lowest BCUT2D eigenvalue weighted by Crippen LogP contribution is -2.32. The van der Waals surface area contributed by atoms with E-state index in [1.54, 1.807) is 22.5 Å². The zero-order valence-electron chi connectivity index (χ0n) is 18.0. The number of amides is 2. The molecule has 2 aromatic rings. The van der Waals surface area contributed by atoms with Gasteiger partial charge in [-0.1, -0.05) is 43.2 Å². The fraction of sp³-hybridized carbons (Fsp3) is 0.435. The van der Waals surface area contributed by atoms with Crippen LogP contribution in [-0.2, 0) is 27.9 Å². The van der Waals surface area contributed by atoms with Gasteiger partial charge in [0.2, 0.25) is 10.0 Å². The minimum Gasteiger partial charge on any atom is -0.377 e. The summed E-state index contributed by atoms with van der Waals surface area (Å²) >= 11 is 0. The molecule has 1 fully saturated rings. The van der Waals surface area contributed by atoms with E-state index >= 15 is 0 Å². The van der Waals surface area contributed by atoms with Gasteiger partial charge >= 0.3 is 6.03 Å². The number of benzene rings is 2. The van der Waals surface area contributed by atoms with E-state index in [-0.39, 0.29) is 4.90 Å². The largest absolute Gasteiger partial charge is 0.377 e. The maximum Gasteiger partial charge on any atom is 0.319 e. The lowest BCUT2D eigenvalue weighted by Gasteiger charge is -2.20. The van der Waals surface area contributed by atoms with Crippen molar-refractivity contribution in [3.05, 3.63) is 59.7 Å². The highest BCUT2D eigenvalue weighted by molar-refractivity contribution is 7.89. The van der Waals surface area contributed by atoms with Crippen LogP contribution in [0.2, 0.25) is 0 Å². The first-order chi connectivity index (χ1) is 15.0. The van der Waals surface area contributed by atoms with E-state index in [0.29, 0.717) is 38.5 Å². The molecule has 3 rings (SSSR count). The molecule has 168 valence electrons. The van der Waals surface area contributed by atoms with Gasteiger partial charge in [0, 0.05) is 31.9 Å². The number of ether oxygens (including phenoxy) is 1. The molecule has 8 heteroatoms. The molecule has 2 aromatic carbocycles. The van der Waals surface area contributed by atoms with Gasteiger partial charge < -0.3 is 15.4 Å². The average molecular weight is 446 g/mol. The topological polar surface area (TPSA) is 87.7 Å². The van der Waals surface area contributed by atoms with Crippen LogP contribution in [0.5, 0.6) is 0 Å². The van der Waals surface area contributed by atoms with Crippen LogP contribution >= 0.6 is 0 Å². The zero-order valence-corrected chi connectivity index (χ0v) is 18.8. The van der Waals surface area contributed by atoms with Gasteiger partial charge in [-0.25, -0.2) is 13.2 Å². The second-order valence-electron chi connectivity index (χ2n) is 7.56. The summed E-state index contributed by atoms with van der Waals surface area (Å²) in [4.78, 5) is 12.6. The van der Waals surface area contributed by atoms with Crippen LogP contribution in [0, 0.1) is 0 Å². The Balaban J connectivity index is 1.62. The molecule has 1 saturated heterocycles. The molecule has 0 aromatic heterocycles. The Bertz CT molecular complexity index is 970. The van der Waals surface area contributed by atoms with Crippen LogP contribution in [0.1, 0.15) is 43.7 Å². The van der Waals surface area contributed by atoms with E-state index < -0.39 is 16.1 Å². The van der Waals surface area contributed by atoms with Crippen molar-refractivity contribution in [1.29, 1.82) is 0 Å². The minimum atomic E-state index is -3.57. The summed E-state index contributed by atoms with van der Waals surface area (Å²) in [5.74, 6) is 0. The van der Waals surface area contributed by atoms with Gasteiger partial charge in [-0.2, -0.15) is 4.31 Å². The number of hydrogen-bond acceptors (Lipinski definition) is 4. The second kappa shape index (κ2) is 11.3. The number of nitrogens with zero attached hydrogens (tertiary/aromatic N) is 1. The molecule has 1 aliphatic rings. The zero-order chi connectivity index (χ0) is 22.1. The van der Waals surface area contributed by atoms with Crippen LogP contribution < -0.4 is 10.6 Å². The Labute approximate surface area is 184 Å². The second-order valence-corrected chi connectivity index (χ2v) is 9.50. The van der Waals surface area contributed by atoms with E-state index in [9.17, 15) is 13.2 Å². The molecule has 0 atom stereocenters. The van der Waals surface area contributed by atoms with Crippen molar-refractivity contribution in [1.82, 2.24) is 9.62 Å². The van der Waals surface area contributed by atoms with Crippen molar-refractivity contribution in [3.63, 3.8) is 0 Å². The van der Waals surface area contributed by atoms with Crippen molar-refractivity contribution >= 4 is 21.7 Å². The predicted molar refractivity (Wildman–Crippen MR) is 121 cm³/mol. The van der Waals surface area contributed by atoms with E-state index in [0.717, 1.165) is 36.8 Å². The van der Waals surface area contributed by atoms with Gasteiger partial charge in [0.25, 0.3) is 0 Å². The number of carbonyl (C=O) groups excluding carboxylic acids is 1. The summed E-state index contributed by atoms with van der Waals surface area (Å²) in [6.45, 7) is 4.49. The summed E-state index contributed by atoms with van der Waals surface area (Å²) in [7, 11) is -3.57. The number of sulfonamides is 1. The van der Waals surface area contributed by atoms with Crippen molar-refractivity contribution < 1.29 is 17.9 Å². The maximum absolute atomic E-state index is 13.0. The molecule has 0 saturated carbocycles. The number of anilines is 1. The van der Waals surface area contributed by atoms with Crippen LogP contribution in [0.3, 0.4) is 0 Å². The number of carbonyl (C=O) groups is 1. The number of nitrogens with one attached hydrogen (secondary N) is 2. The monoisotopic (exact) mass is 445 g/mol. The van der Waals surface area contributed by atoms with E-state index in [2.05, 4.69) is 10.6 Å². The summed E-state index contributed by atoms with van der Waals surface area (Å²) in [5, 5.41) is 5.57. The molecule has 0 spiro atoms. The van der Waals surface area contributed by atoms with E-state index in [1.165, 1.54) is 6.07 Å². The third-order valence-electron chi connectivity index (χ3n) is 5.31. The maximum atomic E-state index is 13.0. The highest BCUT2D eigenvalue weighted by Crippen LogP contribution is 2.22. The lowest BCUT2D eigenvalue weighted by molar-refractivity contribution is 0.133. The Kier molecular flexibility index (Phi) is 8.45. The van der Waals surface area contributed by atoms with Crippen LogP contribution in [-0.4, -0.2) is 38.5 Å². The first kappa shape index (κ1) is 23.2. The summed E-state index contributed by atoms with van der Waals surface area (Å²) in [5.41, 5.74) is 2.44. The molecular weight excluding hydrogens is 414 g/mol. The molecule has 0 bridgehead atoms. The number of urea groups is 1. The molecule has 0 aliphatic carbocycles. The standard InChI is InChI=1S/C23H31N3O4S/c1-2-30-18-20-11-6-5-10-19(20)17-24-23(27)25-21-12-9-13-22(16-21)31(28,29)26-14-7-3-4-8-15-26/h5-6,9-13,16H,2-4,7-8,14-15,17-18H2,1H3,(H2,24,25,27). The minimum absolute atomic E-state index is 0.203. The van der Waals surface area contributed by atoms with Gasteiger partial charge in [-0.15, -0.1) is 0 Å².